The van der Waals surface area contributed by atoms with Gasteiger partial charge in [0.25, 0.3) is 11.8 Å². The van der Waals surface area contributed by atoms with Gasteiger partial charge in [-0.1, -0.05) is 23.7 Å². The predicted molar refractivity (Wildman–Crippen MR) is 109 cm³/mol. The van der Waals surface area contributed by atoms with E-state index in [1.807, 2.05) is 24.3 Å². The van der Waals surface area contributed by atoms with Gasteiger partial charge in [0.15, 0.2) is 5.69 Å². The number of aromatic nitrogens is 4. The molecule has 0 bridgehead atoms. The van der Waals surface area contributed by atoms with Gasteiger partial charge < -0.3 is 20.0 Å². The Balaban J connectivity index is 1.54. The molecule has 2 heterocycles. The molecule has 0 atom stereocenters. The number of carbonyl (C=O) groups excluding carboxylic acids is 2. The fourth-order valence-corrected chi connectivity index (χ4v) is 2.90. The molecule has 4 rings (SSSR count). The molecule has 0 fully saturated rings. The minimum Gasteiger partial charge on any atom is -0.497 e. The lowest BCUT2D eigenvalue weighted by atomic mass is 10.2. The van der Waals surface area contributed by atoms with E-state index in [4.69, 9.17) is 16.3 Å². The summed E-state index contributed by atoms with van der Waals surface area (Å²) in [6.45, 7) is 0. The van der Waals surface area contributed by atoms with Crippen LogP contribution in [0.5, 0.6) is 5.75 Å². The summed E-state index contributed by atoms with van der Waals surface area (Å²) in [7, 11) is 1.50. The molecule has 4 aromatic rings. The van der Waals surface area contributed by atoms with E-state index in [9.17, 15) is 9.59 Å². The lowest BCUT2D eigenvalue weighted by Gasteiger charge is -2.09. The molecule has 2 aromatic heterocycles. The van der Waals surface area contributed by atoms with Crippen molar-refractivity contribution in [3.05, 3.63) is 65.2 Å². The lowest BCUT2D eigenvalue weighted by molar-refractivity contribution is 0.0985. The van der Waals surface area contributed by atoms with Crippen LogP contribution in [-0.2, 0) is 0 Å². The number of H-pyrrole nitrogens is 2. The lowest BCUT2D eigenvalue weighted by Crippen LogP contribution is -2.21. The van der Waals surface area contributed by atoms with Crippen molar-refractivity contribution >= 4 is 46.1 Å². The Morgan fingerprint density at radius 1 is 1.10 bits per heavy atom. The quantitative estimate of drug-likeness (QED) is 0.401. The van der Waals surface area contributed by atoms with Crippen LogP contribution in [-0.4, -0.2) is 38.9 Å². The highest BCUT2D eigenvalue weighted by Crippen LogP contribution is 2.27. The Bertz CT molecular complexity index is 1180. The smallest absolute Gasteiger partial charge is 0.276 e. The number of hydrogen-bond acceptors (Lipinski definition) is 5. The summed E-state index contributed by atoms with van der Waals surface area (Å²) in [5, 5.41) is 5.57. The average Bonchev–Trinajstić information content (AvgIpc) is 3.36. The summed E-state index contributed by atoms with van der Waals surface area (Å²) >= 11 is 6.12. The van der Waals surface area contributed by atoms with Crippen molar-refractivity contribution < 1.29 is 14.3 Å². The summed E-state index contributed by atoms with van der Waals surface area (Å²) in [5.41, 5.74) is 1.72. The molecule has 29 heavy (non-hydrogen) atoms. The number of nitrogens with zero attached hydrogens (tertiary/aromatic N) is 2. The maximum Gasteiger partial charge on any atom is 0.276 e. The van der Waals surface area contributed by atoms with Crippen molar-refractivity contribution in [1.82, 2.24) is 19.9 Å². The number of rotatable bonds is 5. The number of nitrogens with one attached hydrogen (secondary N) is 4. The number of anilines is 2. The summed E-state index contributed by atoms with van der Waals surface area (Å²) < 4.78 is 5.13. The van der Waals surface area contributed by atoms with Crippen LogP contribution in [0.3, 0.4) is 0 Å². The number of methoxy groups -OCH3 is 1. The first-order chi connectivity index (χ1) is 14.0. The van der Waals surface area contributed by atoms with E-state index in [-0.39, 0.29) is 17.3 Å². The van der Waals surface area contributed by atoms with Crippen LogP contribution in [0.15, 0.2) is 48.8 Å². The Morgan fingerprint density at radius 2 is 1.93 bits per heavy atom. The molecule has 0 saturated carbocycles. The first kappa shape index (κ1) is 18.5. The first-order valence-electron chi connectivity index (χ1n) is 8.49. The van der Waals surface area contributed by atoms with E-state index < -0.39 is 11.8 Å². The van der Waals surface area contributed by atoms with E-state index in [1.54, 1.807) is 18.2 Å². The largest absolute Gasteiger partial charge is 0.497 e. The number of amides is 2. The fraction of sp³-hybridized carbons (Fsp3) is 0.0526. The molecule has 4 N–H and O–H groups in total. The second kappa shape index (κ2) is 7.64. The van der Waals surface area contributed by atoms with Gasteiger partial charge in [0.2, 0.25) is 5.95 Å². The zero-order valence-electron chi connectivity index (χ0n) is 15.1. The van der Waals surface area contributed by atoms with Gasteiger partial charge in [-0.05, 0) is 24.3 Å². The van der Waals surface area contributed by atoms with Crippen LogP contribution in [0.2, 0.25) is 5.02 Å². The molecule has 0 aliphatic heterocycles. The van der Waals surface area contributed by atoms with Crippen molar-refractivity contribution in [3.63, 3.8) is 0 Å². The Hall–Kier alpha value is -3.85. The van der Waals surface area contributed by atoms with Gasteiger partial charge in [-0.15, -0.1) is 0 Å². The summed E-state index contributed by atoms with van der Waals surface area (Å²) in [4.78, 5) is 39.2. The number of aromatic amines is 2. The zero-order chi connectivity index (χ0) is 20.4. The molecule has 0 unspecified atom stereocenters. The fourth-order valence-electron chi connectivity index (χ4n) is 2.73. The number of hydrogen-bond donors (Lipinski definition) is 4. The third kappa shape index (κ3) is 3.76. The van der Waals surface area contributed by atoms with Gasteiger partial charge in [-0.2, -0.15) is 0 Å². The molecule has 0 spiro atoms. The molecule has 2 aromatic carbocycles. The molecular formula is C19H15ClN6O3. The van der Waals surface area contributed by atoms with Crippen molar-refractivity contribution in [2.24, 2.45) is 0 Å². The number of halogens is 1. The molecule has 146 valence electrons. The van der Waals surface area contributed by atoms with E-state index in [0.717, 1.165) is 5.52 Å². The van der Waals surface area contributed by atoms with Gasteiger partial charge in [-0.3, -0.25) is 14.9 Å². The third-order valence-corrected chi connectivity index (χ3v) is 4.45. The third-order valence-electron chi connectivity index (χ3n) is 4.12. The van der Waals surface area contributed by atoms with E-state index in [0.29, 0.717) is 22.0 Å². The Labute approximate surface area is 169 Å². The number of carbonyl (C=O) groups is 2. The zero-order valence-corrected chi connectivity index (χ0v) is 15.9. The SMILES string of the molecule is COc1ccc(Cl)c(NC(=O)c2nc[nH]c2C(=O)Nc2nc3ccccc3[nH]2)c1. The summed E-state index contributed by atoms with van der Waals surface area (Å²) in [5.74, 6) is -0.387. The number of ether oxygens (including phenoxy) is 1. The van der Waals surface area contributed by atoms with Crippen molar-refractivity contribution in [2.45, 2.75) is 0 Å². The van der Waals surface area contributed by atoms with Gasteiger partial charge >= 0.3 is 0 Å². The van der Waals surface area contributed by atoms with Crippen LogP contribution >= 0.6 is 11.6 Å². The van der Waals surface area contributed by atoms with E-state index >= 15 is 0 Å². The highest BCUT2D eigenvalue weighted by molar-refractivity contribution is 6.34. The summed E-state index contributed by atoms with van der Waals surface area (Å²) in [6.07, 6.45) is 1.26. The minimum atomic E-state index is -0.601. The van der Waals surface area contributed by atoms with Crippen LogP contribution in [0.4, 0.5) is 11.6 Å². The van der Waals surface area contributed by atoms with Crippen molar-refractivity contribution in [2.75, 3.05) is 17.7 Å². The van der Waals surface area contributed by atoms with Crippen LogP contribution < -0.4 is 15.4 Å². The molecule has 0 saturated heterocycles. The van der Waals surface area contributed by atoms with Gasteiger partial charge in [-0.25, -0.2) is 9.97 Å². The number of fused-ring (bicyclic) bond motifs is 1. The molecule has 0 aliphatic rings. The Kier molecular flexibility index (Phi) is 4.88. The standard InChI is InChI=1S/C19H15ClN6O3/c1-29-10-6-7-11(20)14(8-10)23-17(27)15-16(22-9-21-15)18(28)26-19-24-12-4-2-3-5-13(12)25-19/h2-9H,1H3,(H,21,22)(H,23,27)(H2,24,25,26,28). The van der Waals surface area contributed by atoms with Crippen LogP contribution in [0, 0.1) is 0 Å². The molecular weight excluding hydrogens is 396 g/mol. The number of benzene rings is 2. The minimum absolute atomic E-state index is 0.0121. The summed E-state index contributed by atoms with van der Waals surface area (Å²) in [6, 6.07) is 12.2. The first-order valence-corrected chi connectivity index (χ1v) is 8.87. The van der Waals surface area contributed by atoms with Gasteiger partial charge in [0.05, 0.1) is 35.2 Å². The van der Waals surface area contributed by atoms with E-state index in [2.05, 4.69) is 30.6 Å². The van der Waals surface area contributed by atoms with E-state index in [1.165, 1.54) is 13.4 Å². The monoisotopic (exact) mass is 410 g/mol. The molecule has 9 nitrogen and oxygen atoms in total. The van der Waals surface area contributed by atoms with Crippen molar-refractivity contribution in [1.29, 1.82) is 0 Å². The molecule has 0 aliphatic carbocycles. The normalized spacial score (nSPS) is 10.7. The number of para-hydroxylation sites is 2. The average molecular weight is 411 g/mol. The number of imidazole rings is 2. The molecule has 10 heteroatoms. The predicted octanol–water partition coefficient (Wildman–Crippen LogP) is 3.45. The topological polar surface area (TPSA) is 125 Å². The second-order valence-corrected chi connectivity index (χ2v) is 6.39. The van der Waals surface area contributed by atoms with Gasteiger partial charge in [0.1, 0.15) is 11.4 Å². The molecule has 0 radical (unpaired) electrons. The van der Waals surface area contributed by atoms with Gasteiger partial charge in [0, 0.05) is 6.07 Å². The van der Waals surface area contributed by atoms with Crippen LogP contribution in [0.1, 0.15) is 21.0 Å². The Morgan fingerprint density at radius 3 is 2.72 bits per heavy atom. The van der Waals surface area contributed by atoms with Crippen LogP contribution in [0.25, 0.3) is 11.0 Å². The maximum atomic E-state index is 12.6. The van der Waals surface area contributed by atoms with Crippen molar-refractivity contribution in [3.8, 4) is 5.75 Å². The second-order valence-electron chi connectivity index (χ2n) is 5.98. The maximum absolute atomic E-state index is 12.6. The highest BCUT2D eigenvalue weighted by atomic mass is 35.5. The molecule has 2 amide bonds. The highest BCUT2D eigenvalue weighted by Gasteiger charge is 2.22.